The number of rotatable bonds is 8. The van der Waals surface area contributed by atoms with Crippen LogP contribution in [0.2, 0.25) is 0 Å². The molecule has 0 radical (unpaired) electrons. The van der Waals surface area contributed by atoms with Gasteiger partial charge in [-0.15, -0.1) is 0 Å². The number of hydrogen-bond acceptors (Lipinski definition) is 5. The van der Waals surface area contributed by atoms with E-state index in [1.165, 1.54) is 13.2 Å². The Bertz CT molecular complexity index is 834. The van der Waals surface area contributed by atoms with Crippen molar-refractivity contribution in [3.05, 3.63) is 42.4 Å². The quantitative estimate of drug-likeness (QED) is 0.651. The van der Waals surface area contributed by atoms with Crippen molar-refractivity contribution < 1.29 is 22.4 Å². The molecule has 1 aromatic carbocycles. The highest BCUT2D eigenvalue weighted by molar-refractivity contribution is 7.92. The third-order valence-electron chi connectivity index (χ3n) is 3.53. The number of hydrogen-bond donors (Lipinski definition) is 3. The smallest absolute Gasteiger partial charge is 0.319 e. The van der Waals surface area contributed by atoms with Gasteiger partial charge in [-0.2, -0.15) is 0 Å². The van der Waals surface area contributed by atoms with Crippen molar-refractivity contribution in [1.82, 2.24) is 5.32 Å². The molecule has 0 aliphatic rings. The molecule has 0 fully saturated rings. The maximum absolute atomic E-state index is 12.1. The third-order valence-corrected chi connectivity index (χ3v) is 4.12. The van der Waals surface area contributed by atoms with Gasteiger partial charge < -0.3 is 19.8 Å². The number of nitrogens with one attached hydrogen (secondary N) is 3. The first-order valence-corrected chi connectivity index (χ1v) is 9.91. The van der Waals surface area contributed by atoms with E-state index in [4.69, 9.17) is 9.15 Å². The third kappa shape index (κ3) is 6.32. The molecule has 0 spiro atoms. The van der Waals surface area contributed by atoms with E-state index in [9.17, 15) is 13.2 Å². The van der Waals surface area contributed by atoms with Gasteiger partial charge in [-0.3, -0.25) is 4.72 Å². The van der Waals surface area contributed by atoms with Crippen LogP contribution in [0.15, 0.2) is 41.0 Å². The van der Waals surface area contributed by atoms with Gasteiger partial charge in [0.25, 0.3) is 0 Å². The van der Waals surface area contributed by atoms with E-state index in [0.29, 0.717) is 11.4 Å². The second-order valence-electron chi connectivity index (χ2n) is 5.91. The lowest BCUT2D eigenvalue weighted by atomic mass is 10.1. The maximum Gasteiger partial charge on any atom is 0.319 e. The molecule has 0 bridgehead atoms. The van der Waals surface area contributed by atoms with Crippen molar-refractivity contribution in [1.29, 1.82) is 0 Å². The van der Waals surface area contributed by atoms with Crippen LogP contribution in [0.5, 0.6) is 5.75 Å². The number of sulfonamides is 1. The molecule has 2 aromatic rings. The number of carbonyl (C=O) groups excluding carboxylic acids is 1. The van der Waals surface area contributed by atoms with Crippen LogP contribution in [-0.2, 0) is 16.4 Å². The molecule has 0 unspecified atom stereocenters. The number of methoxy groups -OCH3 is 1. The predicted molar refractivity (Wildman–Crippen MR) is 100 cm³/mol. The lowest BCUT2D eigenvalue weighted by Gasteiger charge is -2.15. The minimum absolute atomic E-state index is 0.0630. The summed E-state index contributed by atoms with van der Waals surface area (Å²) in [6.45, 7) is 1.90. The highest BCUT2D eigenvalue weighted by atomic mass is 32.2. The molecule has 9 heteroatoms. The van der Waals surface area contributed by atoms with Gasteiger partial charge in [0.15, 0.2) is 0 Å². The fourth-order valence-corrected chi connectivity index (χ4v) is 2.90. The Balaban J connectivity index is 1.94. The van der Waals surface area contributed by atoms with E-state index >= 15 is 0 Å². The summed E-state index contributed by atoms with van der Waals surface area (Å²) in [5, 5.41) is 5.51. The van der Waals surface area contributed by atoms with Crippen LogP contribution in [0.4, 0.5) is 16.2 Å². The highest BCUT2D eigenvalue weighted by Crippen LogP contribution is 2.28. The number of amides is 2. The maximum atomic E-state index is 12.1. The van der Waals surface area contributed by atoms with E-state index in [2.05, 4.69) is 15.4 Å². The van der Waals surface area contributed by atoms with Gasteiger partial charge in [0, 0.05) is 18.2 Å². The molecule has 142 valence electrons. The molecule has 1 atom stereocenters. The normalized spacial score (nSPS) is 12.3. The molecule has 1 aromatic heterocycles. The van der Waals surface area contributed by atoms with Crippen LogP contribution >= 0.6 is 0 Å². The first-order valence-electron chi connectivity index (χ1n) is 8.02. The van der Waals surface area contributed by atoms with Crippen LogP contribution in [0, 0.1) is 0 Å². The Labute approximate surface area is 153 Å². The Morgan fingerprint density at radius 2 is 2.08 bits per heavy atom. The Hall–Kier alpha value is -2.68. The fraction of sp³-hybridized carbons (Fsp3) is 0.353. The summed E-state index contributed by atoms with van der Waals surface area (Å²) in [6.07, 6.45) is 4.11. The average Bonchev–Trinajstić information content (AvgIpc) is 3.05. The van der Waals surface area contributed by atoms with Crippen LogP contribution in [-0.4, -0.2) is 33.9 Å². The van der Waals surface area contributed by atoms with Gasteiger partial charge in [-0.1, -0.05) is 0 Å². The molecule has 2 amide bonds. The number of aryl methyl sites for hydroxylation is 1. The number of furan rings is 1. The van der Waals surface area contributed by atoms with E-state index in [0.717, 1.165) is 24.9 Å². The van der Waals surface area contributed by atoms with Gasteiger partial charge in [-0.25, -0.2) is 13.2 Å². The lowest BCUT2D eigenvalue weighted by molar-refractivity contribution is 0.248. The first kappa shape index (κ1) is 19.6. The van der Waals surface area contributed by atoms with Crippen LogP contribution in [0.3, 0.4) is 0 Å². The van der Waals surface area contributed by atoms with Gasteiger partial charge in [-0.05, 0) is 43.7 Å². The second kappa shape index (κ2) is 8.61. The highest BCUT2D eigenvalue weighted by Gasteiger charge is 2.12. The van der Waals surface area contributed by atoms with E-state index in [-0.39, 0.29) is 17.8 Å². The Kier molecular flexibility index (Phi) is 6.51. The molecule has 0 aliphatic carbocycles. The SMILES string of the molecule is COc1ccc(NC(=O)N[C@@H](C)CCc2ccco2)cc1NS(C)(=O)=O. The van der Waals surface area contributed by atoms with E-state index in [1.54, 1.807) is 18.4 Å². The van der Waals surface area contributed by atoms with Crippen molar-refractivity contribution in [3.63, 3.8) is 0 Å². The van der Waals surface area contributed by atoms with Crippen molar-refractivity contribution in [2.75, 3.05) is 23.4 Å². The van der Waals surface area contributed by atoms with Crippen molar-refractivity contribution in [3.8, 4) is 5.75 Å². The topological polar surface area (TPSA) is 110 Å². The zero-order valence-electron chi connectivity index (χ0n) is 14.9. The molecule has 2 rings (SSSR count). The molecule has 0 aliphatic heterocycles. The molecular weight excluding hydrogens is 358 g/mol. The van der Waals surface area contributed by atoms with E-state index in [1.807, 2.05) is 19.1 Å². The van der Waals surface area contributed by atoms with E-state index < -0.39 is 10.0 Å². The van der Waals surface area contributed by atoms with Crippen LogP contribution < -0.4 is 20.1 Å². The summed E-state index contributed by atoms with van der Waals surface area (Å²) < 4.78 is 35.6. The van der Waals surface area contributed by atoms with Crippen LogP contribution in [0.1, 0.15) is 19.1 Å². The fourth-order valence-electron chi connectivity index (χ4n) is 2.34. The molecule has 1 heterocycles. The monoisotopic (exact) mass is 381 g/mol. The first-order chi connectivity index (χ1) is 12.3. The summed E-state index contributed by atoms with van der Waals surface area (Å²) in [6, 6.07) is 7.96. The predicted octanol–water partition coefficient (Wildman–Crippen LogP) is 2.80. The zero-order chi connectivity index (χ0) is 19.2. The molecule has 3 N–H and O–H groups in total. The number of ether oxygens (including phenoxy) is 1. The van der Waals surface area contributed by atoms with Crippen molar-refractivity contribution >= 4 is 27.4 Å². The van der Waals surface area contributed by atoms with Gasteiger partial charge in [0.2, 0.25) is 10.0 Å². The molecule has 26 heavy (non-hydrogen) atoms. The number of carbonyl (C=O) groups is 1. The Morgan fingerprint density at radius 3 is 2.69 bits per heavy atom. The number of anilines is 2. The number of benzene rings is 1. The average molecular weight is 381 g/mol. The standard InChI is InChI=1S/C17H23N3O5S/c1-12(6-8-14-5-4-10-25-14)18-17(21)19-13-7-9-16(24-2)15(11-13)20-26(3,22)23/h4-5,7,9-12,20H,6,8H2,1-3H3,(H2,18,19,21)/t12-/m0/s1. The molecule has 8 nitrogen and oxygen atoms in total. The largest absolute Gasteiger partial charge is 0.495 e. The number of urea groups is 1. The van der Waals surface area contributed by atoms with Gasteiger partial charge in [0.05, 0.1) is 25.3 Å². The summed E-state index contributed by atoms with van der Waals surface area (Å²) in [5.41, 5.74) is 0.686. The second-order valence-corrected chi connectivity index (χ2v) is 7.66. The van der Waals surface area contributed by atoms with Crippen molar-refractivity contribution in [2.45, 2.75) is 25.8 Å². The minimum Gasteiger partial charge on any atom is -0.495 e. The van der Waals surface area contributed by atoms with Crippen molar-refractivity contribution in [2.24, 2.45) is 0 Å². The Morgan fingerprint density at radius 1 is 1.31 bits per heavy atom. The molecule has 0 saturated heterocycles. The molecule has 0 saturated carbocycles. The molecular formula is C17H23N3O5S. The minimum atomic E-state index is -3.47. The summed E-state index contributed by atoms with van der Waals surface area (Å²) in [4.78, 5) is 12.1. The van der Waals surface area contributed by atoms with Crippen LogP contribution in [0.25, 0.3) is 0 Å². The van der Waals surface area contributed by atoms with Gasteiger partial charge >= 0.3 is 6.03 Å². The van der Waals surface area contributed by atoms with Gasteiger partial charge in [0.1, 0.15) is 11.5 Å². The summed E-state index contributed by atoms with van der Waals surface area (Å²) in [7, 11) is -2.04. The zero-order valence-corrected chi connectivity index (χ0v) is 15.7. The summed E-state index contributed by atoms with van der Waals surface area (Å²) >= 11 is 0. The summed E-state index contributed by atoms with van der Waals surface area (Å²) in [5.74, 6) is 1.22. The lowest BCUT2D eigenvalue weighted by Crippen LogP contribution is -2.36.